The van der Waals surface area contributed by atoms with Crippen LogP contribution in [0.5, 0.6) is 5.88 Å². The molecule has 2 atom stereocenters. The van der Waals surface area contributed by atoms with Crippen molar-refractivity contribution in [2.24, 2.45) is 0 Å². The second-order valence-corrected chi connectivity index (χ2v) is 14.8. The van der Waals surface area contributed by atoms with Crippen molar-refractivity contribution in [1.29, 1.82) is 0 Å². The predicted octanol–water partition coefficient (Wildman–Crippen LogP) is 5.22. The molecule has 236 valence electrons. The summed E-state index contributed by atoms with van der Waals surface area (Å²) in [6, 6.07) is 2.88. The molecule has 0 saturated heterocycles. The molecule has 1 aliphatic heterocycles. The van der Waals surface area contributed by atoms with Crippen molar-refractivity contribution in [3.05, 3.63) is 34.9 Å². The van der Waals surface area contributed by atoms with Crippen LogP contribution in [0.15, 0.2) is 23.5 Å². The van der Waals surface area contributed by atoms with Gasteiger partial charge in [0.1, 0.15) is 34.0 Å². The minimum absolute atomic E-state index is 0.0332. The van der Waals surface area contributed by atoms with E-state index in [1.54, 1.807) is 58.6 Å². The number of carbonyl (C=O) groups is 2. The van der Waals surface area contributed by atoms with Gasteiger partial charge in [-0.1, -0.05) is 17.7 Å². The van der Waals surface area contributed by atoms with Gasteiger partial charge in [-0.05, 0) is 60.5 Å². The third-order valence-electron chi connectivity index (χ3n) is 6.69. The van der Waals surface area contributed by atoms with Gasteiger partial charge in [0, 0.05) is 24.6 Å². The Balaban J connectivity index is 1.69. The topological polar surface area (TPSA) is 154 Å². The van der Waals surface area contributed by atoms with E-state index in [9.17, 15) is 18.0 Å². The quantitative estimate of drug-likeness (QED) is 0.268. The molecule has 0 unspecified atom stereocenters. The maximum atomic E-state index is 15.3. The Morgan fingerprint density at radius 3 is 2.27 bits per heavy atom. The minimum Gasteiger partial charge on any atom is -0.472 e. The van der Waals surface area contributed by atoms with Gasteiger partial charge in [-0.25, -0.2) is 37.3 Å². The van der Waals surface area contributed by atoms with E-state index in [1.165, 1.54) is 6.20 Å². The zero-order chi connectivity index (χ0) is 32.4. The summed E-state index contributed by atoms with van der Waals surface area (Å²) >= 11 is 6.05. The first-order chi connectivity index (χ1) is 20.3. The Labute approximate surface area is 258 Å². The van der Waals surface area contributed by atoms with Crippen LogP contribution in [0.1, 0.15) is 59.9 Å². The van der Waals surface area contributed by atoms with Gasteiger partial charge in [0.25, 0.3) is 0 Å². The van der Waals surface area contributed by atoms with Crippen molar-refractivity contribution < 1.29 is 36.6 Å². The Morgan fingerprint density at radius 1 is 1.09 bits per heavy atom. The lowest BCUT2D eigenvalue weighted by Gasteiger charge is -2.42. The molecule has 16 heteroatoms. The molecule has 0 bridgehead atoms. The molecule has 0 spiro atoms. The van der Waals surface area contributed by atoms with Crippen molar-refractivity contribution in [3.8, 4) is 5.88 Å². The average Bonchev–Trinajstić information content (AvgIpc) is 2.94. The molecule has 13 nitrogen and oxygen atoms in total. The van der Waals surface area contributed by atoms with Crippen molar-refractivity contribution in [1.82, 2.24) is 19.9 Å². The first-order valence-electron chi connectivity index (χ1n) is 13.7. The van der Waals surface area contributed by atoms with Crippen molar-refractivity contribution in [3.63, 3.8) is 0 Å². The molecule has 1 saturated carbocycles. The highest BCUT2D eigenvalue weighted by molar-refractivity contribution is 7.90. The largest absolute Gasteiger partial charge is 0.472 e. The maximum absolute atomic E-state index is 15.3. The summed E-state index contributed by atoms with van der Waals surface area (Å²) < 4.78 is 57.7. The number of hydrogen-bond acceptors (Lipinski definition) is 12. The summed E-state index contributed by atoms with van der Waals surface area (Å²) in [7, 11) is -4.01. The predicted molar refractivity (Wildman–Crippen MR) is 158 cm³/mol. The molecule has 0 N–H and O–H groups in total. The molecule has 2 amide bonds. The Bertz CT molecular complexity index is 1750. The summed E-state index contributed by atoms with van der Waals surface area (Å²) in [5, 5.41) is -1.11. The molecule has 5 rings (SSSR count). The number of anilines is 2. The fraction of sp³-hybridized carbons (Fsp3) is 0.500. The van der Waals surface area contributed by atoms with Crippen LogP contribution in [-0.4, -0.2) is 70.1 Å². The molecule has 4 heterocycles. The Kier molecular flexibility index (Phi) is 7.85. The number of ether oxygens (including phenoxy) is 3. The zero-order valence-corrected chi connectivity index (χ0v) is 26.8. The van der Waals surface area contributed by atoms with Crippen molar-refractivity contribution in [2.45, 2.75) is 89.4 Å². The van der Waals surface area contributed by atoms with Crippen molar-refractivity contribution in [2.75, 3.05) is 16.1 Å². The first kappa shape index (κ1) is 31.6. The van der Waals surface area contributed by atoms with Crippen LogP contribution < -0.4 is 14.5 Å². The van der Waals surface area contributed by atoms with E-state index in [4.69, 9.17) is 25.8 Å². The lowest BCUT2D eigenvalue weighted by atomic mass is 9.87. The second kappa shape index (κ2) is 10.9. The lowest BCUT2D eigenvalue weighted by Crippen LogP contribution is -2.53. The molecule has 1 fully saturated rings. The maximum Gasteiger partial charge on any atom is 0.425 e. The molecular weight excluding hydrogens is 619 g/mol. The fourth-order valence-electron chi connectivity index (χ4n) is 4.78. The summed E-state index contributed by atoms with van der Waals surface area (Å²) in [6.07, 6.45) is 1.07. The number of halogens is 2. The molecule has 3 aromatic rings. The van der Waals surface area contributed by atoms with Crippen LogP contribution in [0.3, 0.4) is 0 Å². The summed E-state index contributed by atoms with van der Waals surface area (Å²) in [5.74, 6) is -1.10. The van der Waals surface area contributed by atoms with Gasteiger partial charge >= 0.3 is 12.2 Å². The van der Waals surface area contributed by atoms with Gasteiger partial charge in [-0.2, -0.15) is 9.88 Å². The summed E-state index contributed by atoms with van der Waals surface area (Å²) in [4.78, 5) is 46.1. The highest BCUT2D eigenvalue weighted by atomic mass is 35.5. The number of aromatic nitrogens is 4. The van der Waals surface area contributed by atoms with E-state index in [2.05, 4.69) is 19.9 Å². The summed E-state index contributed by atoms with van der Waals surface area (Å²) in [5.41, 5.74) is -1.92. The van der Waals surface area contributed by atoms with Crippen LogP contribution in [0.4, 0.5) is 25.6 Å². The Morgan fingerprint density at radius 2 is 1.73 bits per heavy atom. The molecule has 1 aliphatic carbocycles. The van der Waals surface area contributed by atoms with E-state index < -0.39 is 55.5 Å². The SMILES string of the molecule is CC(C)(C)OC(=O)N(C(=O)OC(C)(C)C)c1ncccc1CN1c2nc(S(C)(=O)=O)nc3c(F)c(Cl)nc(c23)O[C@H]2CC[C@H]21. The van der Waals surface area contributed by atoms with Crippen LogP contribution >= 0.6 is 11.6 Å². The first-order valence-corrected chi connectivity index (χ1v) is 16.0. The minimum atomic E-state index is -4.01. The van der Waals surface area contributed by atoms with E-state index in [0.29, 0.717) is 23.3 Å². The number of rotatable bonds is 4. The number of amides is 2. The van der Waals surface area contributed by atoms with E-state index >= 15 is 4.39 Å². The number of pyridine rings is 2. The van der Waals surface area contributed by atoms with Gasteiger partial charge in [0.2, 0.25) is 20.9 Å². The molecule has 2 aliphatic rings. The van der Waals surface area contributed by atoms with Crippen LogP contribution in [-0.2, 0) is 25.9 Å². The lowest BCUT2D eigenvalue weighted by molar-refractivity contribution is 0.0428. The number of hydrogen-bond donors (Lipinski definition) is 0. The van der Waals surface area contributed by atoms with Gasteiger partial charge < -0.3 is 19.1 Å². The highest BCUT2D eigenvalue weighted by Gasteiger charge is 2.44. The molecule has 3 aromatic heterocycles. The van der Waals surface area contributed by atoms with Gasteiger partial charge in [0.05, 0.1) is 6.04 Å². The number of imide groups is 1. The number of sulfone groups is 1. The number of carbonyl (C=O) groups excluding carboxylic acids is 2. The van der Waals surface area contributed by atoms with E-state index in [-0.39, 0.29) is 41.0 Å². The highest BCUT2D eigenvalue weighted by Crippen LogP contribution is 2.45. The molecular formula is C28H32ClFN6O7S. The molecule has 44 heavy (non-hydrogen) atoms. The second-order valence-electron chi connectivity index (χ2n) is 12.6. The number of nitrogens with zero attached hydrogens (tertiary/aromatic N) is 6. The summed E-state index contributed by atoms with van der Waals surface area (Å²) in [6.45, 7) is 9.87. The molecule has 0 aromatic carbocycles. The van der Waals surface area contributed by atoms with Crippen LogP contribution in [0, 0.1) is 5.82 Å². The molecule has 0 radical (unpaired) electrons. The van der Waals surface area contributed by atoms with Crippen LogP contribution in [0.25, 0.3) is 10.9 Å². The Hall–Kier alpha value is -3.85. The average molecular weight is 651 g/mol. The normalized spacial score (nSPS) is 18.1. The van der Waals surface area contributed by atoms with Gasteiger partial charge in [-0.3, -0.25) is 0 Å². The van der Waals surface area contributed by atoms with E-state index in [0.717, 1.165) is 6.26 Å². The van der Waals surface area contributed by atoms with Gasteiger partial charge in [-0.15, -0.1) is 0 Å². The van der Waals surface area contributed by atoms with Crippen LogP contribution in [0.2, 0.25) is 5.15 Å². The number of fused-ring (bicyclic) bond motifs is 1. The van der Waals surface area contributed by atoms with Gasteiger partial charge in [0.15, 0.2) is 16.8 Å². The van der Waals surface area contributed by atoms with E-state index in [1.807, 2.05) is 0 Å². The standard InChI is InChI=1S/C28H32ClFN6O7S/c1-27(2,3)42-25(37)36(26(38)43-28(4,5)6)21-14(9-8-12-31-21)13-35-15-10-11-16(15)41-23-17-19(18(30)20(29)33-23)32-24(34-22(17)35)44(7,39)40/h8-9,12,15-16H,10-11,13H2,1-7H3/t15-,16+/m1/s1. The third kappa shape index (κ3) is 6.20. The fourth-order valence-corrected chi connectivity index (χ4v) is 5.45. The smallest absolute Gasteiger partial charge is 0.425 e. The monoisotopic (exact) mass is 650 g/mol. The third-order valence-corrected chi connectivity index (χ3v) is 7.78. The zero-order valence-electron chi connectivity index (χ0n) is 25.2. The van der Waals surface area contributed by atoms with Crippen molar-refractivity contribution >= 4 is 56.2 Å².